The Morgan fingerprint density at radius 3 is 2.40 bits per heavy atom. The van der Waals surface area contributed by atoms with E-state index in [4.69, 9.17) is 5.73 Å². The van der Waals surface area contributed by atoms with Crippen molar-refractivity contribution < 1.29 is 14.4 Å². The molecule has 2 aromatic carbocycles. The number of anilines is 1. The fourth-order valence-corrected chi connectivity index (χ4v) is 2.39. The van der Waals surface area contributed by atoms with Gasteiger partial charge in [0, 0.05) is 29.8 Å². The van der Waals surface area contributed by atoms with Crippen molar-refractivity contribution >= 4 is 23.4 Å². The second kappa shape index (κ2) is 8.63. The Bertz CT molecular complexity index is 773. The summed E-state index contributed by atoms with van der Waals surface area (Å²) in [6.45, 7) is 2.14. The number of benzene rings is 2. The van der Waals surface area contributed by atoms with Crippen molar-refractivity contribution in [2.75, 3.05) is 11.9 Å². The van der Waals surface area contributed by atoms with Crippen LogP contribution in [0.3, 0.4) is 0 Å². The highest BCUT2D eigenvalue weighted by atomic mass is 16.2. The van der Waals surface area contributed by atoms with Gasteiger partial charge in [0.15, 0.2) is 0 Å². The minimum absolute atomic E-state index is 0.161. The third kappa shape index (κ3) is 5.17. The van der Waals surface area contributed by atoms with Crippen LogP contribution in [0.4, 0.5) is 5.69 Å². The Balaban J connectivity index is 1.79. The van der Waals surface area contributed by atoms with E-state index in [0.29, 0.717) is 35.3 Å². The van der Waals surface area contributed by atoms with Crippen molar-refractivity contribution in [3.63, 3.8) is 0 Å². The first kappa shape index (κ1) is 18.2. The maximum absolute atomic E-state index is 12.0. The second-order valence-electron chi connectivity index (χ2n) is 5.62. The molecule has 0 saturated carbocycles. The largest absolute Gasteiger partial charge is 0.366 e. The van der Waals surface area contributed by atoms with Gasteiger partial charge in [0.2, 0.25) is 11.8 Å². The third-order valence-electron chi connectivity index (χ3n) is 3.78. The van der Waals surface area contributed by atoms with Crippen LogP contribution in [-0.2, 0) is 4.79 Å². The van der Waals surface area contributed by atoms with E-state index < -0.39 is 5.91 Å². The molecule has 0 radical (unpaired) electrons. The van der Waals surface area contributed by atoms with E-state index in [1.165, 1.54) is 0 Å². The number of primary amides is 1. The van der Waals surface area contributed by atoms with Gasteiger partial charge in [0.05, 0.1) is 0 Å². The molecule has 0 aliphatic rings. The second-order valence-corrected chi connectivity index (χ2v) is 5.62. The van der Waals surface area contributed by atoms with Crippen LogP contribution in [0.5, 0.6) is 0 Å². The molecular formula is C19H21N3O3. The summed E-state index contributed by atoms with van der Waals surface area (Å²) < 4.78 is 0. The van der Waals surface area contributed by atoms with E-state index in [0.717, 1.165) is 0 Å². The Kier molecular flexibility index (Phi) is 6.28. The van der Waals surface area contributed by atoms with E-state index in [1.807, 2.05) is 6.07 Å². The highest BCUT2D eigenvalue weighted by Gasteiger charge is 2.11. The van der Waals surface area contributed by atoms with Crippen LogP contribution in [0.2, 0.25) is 0 Å². The molecule has 0 heterocycles. The molecule has 6 nitrogen and oxygen atoms in total. The zero-order valence-electron chi connectivity index (χ0n) is 14.0. The van der Waals surface area contributed by atoms with Crippen molar-refractivity contribution in [3.8, 4) is 0 Å². The molecule has 0 unspecified atom stereocenters. The molecule has 6 heteroatoms. The molecule has 0 aromatic heterocycles. The highest BCUT2D eigenvalue weighted by Crippen LogP contribution is 2.18. The molecule has 0 atom stereocenters. The number of hydrogen-bond donors (Lipinski definition) is 3. The molecule has 0 saturated heterocycles. The van der Waals surface area contributed by atoms with Crippen LogP contribution >= 0.6 is 0 Å². The van der Waals surface area contributed by atoms with Crippen molar-refractivity contribution in [2.24, 2.45) is 5.73 Å². The summed E-state index contributed by atoms with van der Waals surface area (Å²) >= 11 is 0. The van der Waals surface area contributed by atoms with Crippen molar-refractivity contribution in [3.05, 3.63) is 65.2 Å². The Labute approximate surface area is 146 Å². The first-order chi connectivity index (χ1) is 12.0. The Morgan fingerprint density at radius 1 is 1.00 bits per heavy atom. The van der Waals surface area contributed by atoms with Gasteiger partial charge in [0.25, 0.3) is 5.91 Å². The van der Waals surface area contributed by atoms with Gasteiger partial charge in [-0.15, -0.1) is 0 Å². The topological polar surface area (TPSA) is 101 Å². The average molecular weight is 339 g/mol. The molecule has 25 heavy (non-hydrogen) atoms. The number of nitrogens with two attached hydrogens (primary N) is 1. The highest BCUT2D eigenvalue weighted by molar-refractivity contribution is 5.98. The predicted molar refractivity (Wildman–Crippen MR) is 96.3 cm³/mol. The van der Waals surface area contributed by atoms with E-state index >= 15 is 0 Å². The minimum atomic E-state index is -0.530. The van der Waals surface area contributed by atoms with Gasteiger partial charge >= 0.3 is 0 Å². The minimum Gasteiger partial charge on any atom is -0.366 e. The zero-order chi connectivity index (χ0) is 18.2. The summed E-state index contributed by atoms with van der Waals surface area (Å²) in [5.74, 6) is -0.873. The van der Waals surface area contributed by atoms with Gasteiger partial charge in [-0.3, -0.25) is 14.4 Å². The van der Waals surface area contributed by atoms with E-state index in [1.54, 1.807) is 49.4 Å². The molecule has 0 aliphatic heterocycles. The van der Waals surface area contributed by atoms with Crippen LogP contribution in [0.15, 0.2) is 48.5 Å². The molecule has 4 N–H and O–H groups in total. The summed E-state index contributed by atoms with van der Waals surface area (Å²) in [4.78, 5) is 35.2. The predicted octanol–water partition coefficient (Wildman–Crippen LogP) is 2.24. The molecule has 130 valence electrons. The maximum Gasteiger partial charge on any atom is 0.251 e. The zero-order valence-corrected chi connectivity index (χ0v) is 14.0. The normalized spacial score (nSPS) is 10.1. The Morgan fingerprint density at radius 2 is 1.72 bits per heavy atom. The average Bonchev–Trinajstić information content (AvgIpc) is 2.61. The first-order valence-corrected chi connectivity index (χ1v) is 8.01. The molecular weight excluding hydrogens is 318 g/mol. The SMILES string of the molecule is Cc1c(NC(=O)CCCNC(=O)c2ccccc2)cccc1C(N)=O. The summed E-state index contributed by atoms with van der Waals surface area (Å²) in [6.07, 6.45) is 0.772. The van der Waals surface area contributed by atoms with Crippen LogP contribution in [-0.4, -0.2) is 24.3 Å². The fourth-order valence-electron chi connectivity index (χ4n) is 2.39. The molecule has 3 amide bonds. The standard InChI is InChI=1S/C19H21N3O3/c1-13-15(18(20)24)9-5-10-16(13)22-17(23)11-6-12-21-19(25)14-7-3-2-4-8-14/h2-5,7-10H,6,11-12H2,1H3,(H2,20,24)(H,21,25)(H,22,23). The number of nitrogens with one attached hydrogen (secondary N) is 2. The molecule has 0 fully saturated rings. The molecule has 0 aliphatic carbocycles. The van der Waals surface area contributed by atoms with Crippen molar-refractivity contribution in [2.45, 2.75) is 19.8 Å². The van der Waals surface area contributed by atoms with E-state index in [9.17, 15) is 14.4 Å². The van der Waals surface area contributed by atoms with Crippen LogP contribution in [0, 0.1) is 6.92 Å². The van der Waals surface area contributed by atoms with Crippen LogP contribution in [0.25, 0.3) is 0 Å². The fraction of sp³-hybridized carbons (Fsp3) is 0.211. The number of hydrogen-bond acceptors (Lipinski definition) is 3. The first-order valence-electron chi connectivity index (χ1n) is 8.01. The summed E-state index contributed by atoms with van der Waals surface area (Å²) in [5, 5.41) is 5.54. The molecule has 2 aromatic rings. The van der Waals surface area contributed by atoms with Crippen LogP contribution in [0.1, 0.15) is 39.1 Å². The van der Waals surface area contributed by atoms with Gasteiger partial charge in [-0.25, -0.2) is 0 Å². The van der Waals surface area contributed by atoms with Gasteiger partial charge in [-0.05, 0) is 43.2 Å². The lowest BCUT2D eigenvalue weighted by Gasteiger charge is -2.11. The van der Waals surface area contributed by atoms with E-state index in [-0.39, 0.29) is 18.2 Å². The molecule has 2 rings (SSSR count). The van der Waals surface area contributed by atoms with Crippen LogP contribution < -0.4 is 16.4 Å². The Hall–Kier alpha value is -3.15. The number of amides is 3. The smallest absolute Gasteiger partial charge is 0.251 e. The van der Waals surface area contributed by atoms with Gasteiger partial charge in [0.1, 0.15) is 0 Å². The summed E-state index contributed by atoms with van der Waals surface area (Å²) in [7, 11) is 0. The molecule has 0 bridgehead atoms. The van der Waals surface area contributed by atoms with Crippen molar-refractivity contribution in [1.82, 2.24) is 5.32 Å². The van der Waals surface area contributed by atoms with Gasteiger partial charge in [-0.2, -0.15) is 0 Å². The lowest BCUT2D eigenvalue weighted by molar-refractivity contribution is -0.116. The lowest BCUT2D eigenvalue weighted by Crippen LogP contribution is -2.25. The van der Waals surface area contributed by atoms with E-state index in [2.05, 4.69) is 10.6 Å². The summed E-state index contributed by atoms with van der Waals surface area (Å²) in [6, 6.07) is 13.9. The number of carbonyl (C=O) groups is 3. The van der Waals surface area contributed by atoms with Gasteiger partial charge in [-0.1, -0.05) is 24.3 Å². The third-order valence-corrected chi connectivity index (χ3v) is 3.78. The van der Waals surface area contributed by atoms with Gasteiger partial charge < -0.3 is 16.4 Å². The molecule has 0 spiro atoms. The lowest BCUT2D eigenvalue weighted by atomic mass is 10.1. The van der Waals surface area contributed by atoms with Crippen molar-refractivity contribution in [1.29, 1.82) is 0 Å². The number of carbonyl (C=O) groups excluding carboxylic acids is 3. The summed E-state index contributed by atoms with van der Waals surface area (Å²) in [5.41, 5.74) is 7.47. The quantitative estimate of drug-likeness (QED) is 0.674. The monoisotopic (exact) mass is 339 g/mol. The maximum atomic E-state index is 12.0. The number of rotatable bonds is 7.